The summed E-state index contributed by atoms with van der Waals surface area (Å²) in [6.45, 7) is 3.68. The van der Waals surface area contributed by atoms with Crippen LogP contribution in [0.4, 0.5) is 5.69 Å². The summed E-state index contributed by atoms with van der Waals surface area (Å²) in [6, 6.07) is 14.6. The van der Waals surface area contributed by atoms with Crippen molar-refractivity contribution in [2.45, 2.75) is 19.4 Å². The lowest BCUT2D eigenvalue weighted by Gasteiger charge is -2.14. The van der Waals surface area contributed by atoms with Crippen molar-refractivity contribution in [1.29, 1.82) is 0 Å². The van der Waals surface area contributed by atoms with Crippen LogP contribution in [-0.4, -0.2) is 16.2 Å². The Morgan fingerprint density at radius 2 is 1.92 bits per heavy atom. The predicted octanol–water partition coefficient (Wildman–Crippen LogP) is 3.15. The normalized spacial score (nSPS) is 18.0. The van der Waals surface area contributed by atoms with Crippen molar-refractivity contribution in [3.8, 4) is 23.0 Å². The molecule has 1 aromatic heterocycles. The molecule has 0 aliphatic carbocycles. The van der Waals surface area contributed by atoms with E-state index in [0.29, 0.717) is 17.0 Å². The molecule has 0 bridgehead atoms. The molecule has 26 heavy (non-hydrogen) atoms. The number of benzene rings is 2. The van der Waals surface area contributed by atoms with E-state index >= 15 is 0 Å². The first-order chi connectivity index (χ1) is 12.5. The number of anilines is 1. The molecule has 0 fully saturated rings. The Morgan fingerprint density at radius 1 is 1.15 bits per heavy atom. The Kier molecular flexibility index (Phi) is 3.64. The summed E-state index contributed by atoms with van der Waals surface area (Å²) in [6.07, 6.45) is 0. The number of aliphatic hydroxyl groups is 1. The fourth-order valence-electron chi connectivity index (χ4n) is 3.15. The van der Waals surface area contributed by atoms with Crippen LogP contribution in [0, 0.1) is 25.7 Å². The van der Waals surface area contributed by atoms with E-state index in [1.807, 2.05) is 50.2 Å². The van der Waals surface area contributed by atoms with E-state index < -0.39 is 11.5 Å². The predicted molar refractivity (Wildman–Crippen MR) is 97.3 cm³/mol. The fraction of sp³-hybridized carbons (Fsp3) is 0.143. The summed E-state index contributed by atoms with van der Waals surface area (Å²) in [5.41, 5.74) is 2.23. The average Bonchev–Trinajstić information content (AvgIpc) is 3.11. The maximum absolute atomic E-state index is 12.4. The van der Waals surface area contributed by atoms with Crippen LogP contribution in [0.5, 0.6) is 0 Å². The highest BCUT2D eigenvalue weighted by atomic mass is 16.5. The molecule has 4 rings (SSSR count). The van der Waals surface area contributed by atoms with Gasteiger partial charge in [-0.15, -0.1) is 0 Å². The molecular weight excluding hydrogens is 328 g/mol. The molecule has 1 amide bonds. The maximum Gasteiger partial charge on any atom is 0.274 e. The molecule has 128 valence electrons. The van der Waals surface area contributed by atoms with Gasteiger partial charge in [0.2, 0.25) is 5.60 Å². The van der Waals surface area contributed by atoms with E-state index in [2.05, 4.69) is 22.3 Å². The minimum atomic E-state index is -1.90. The molecule has 1 aliphatic heterocycles. The van der Waals surface area contributed by atoms with Gasteiger partial charge in [0.25, 0.3) is 5.91 Å². The molecule has 2 aromatic carbocycles. The van der Waals surface area contributed by atoms with Crippen LogP contribution in [0.15, 0.2) is 53.1 Å². The molecule has 0 spiro atoms. The molecule has 0 saturated heterocycles. The lowest BCUT2D eigenvalue weighted by molar-refractivity contribution is -0.128. The van der Waals surface area contributed by atoms with Crippen molar-refractivity contribution in [2.75, 3.05) is 5.32 Å². The van der Waals surface area contributed by atoms with Crippen LogP contribution >= 0.6 is 0 Å². The van der Waals surface area contributed by atoms with Gasteiger partial charge in [-0.25, -0.2) is 0 Å². The minimum absolute atomic E-state index is 0.434. The first kappa shape index (κ1) is 16.1. The van der Waals surface area contributed by atoms with Gasteiger partial charge in [0.1, 0.15) is 5.76 Å². The number of hydrogen-bond acceptors (Lipinski definition) is 4. The van der Waals surface area contributed by atoms with Gasteiger partial charge >= 0.3 is 0 Å². The van der Waals surface area contributed by atoms with Crippen LogP contribution in [-0.2, 0) is 10.4 Å². The first-order valence-electron chi connectivity index (χ1n) is 8.19. The summed E-state index contributed by atoms with van der Waals surface area (Å²) >= 11 is 0. The van der Waals surface area contributed by atoms with E-state index in [1.165, 1.54) is 0 Å². The molecule has 5 nitrogen and oxygen atoms in total. The zero-order chi connectivity index (χ0) is 18.3. The summed E-state index contributed by atoms with van der Waals surface area (Å²) in [4.78, 5) is 12.4. The highest BCUT2D eigenvalue weighted by Crippen LogP contribution is 2.39. The maximum atomic E-state index is 12.4. The number of nitrogens with zero attached hydrogens (tertiary/aromatic N) is 1. The minimum Gasteiger partial charge on any atom is -0.366 e. The Labute approximate surface area is 150 Å². The van der Waals surface area contributed by atoms with Crippen molar-refractivity contribution in [2.24, 2.45) is 0 Å². The zero-order valence-corrected chi connectivity index (χ0v) is 14.3. The van der Waals surface area contributed by atoms with Crippen LogP contribution < -0.4 is 5.32 Å². The van der Waals surface area contributed by atoms with Crippen molar-refractivity contribution in [3.63, 3.8) is 0 Å². The Balaban J connectivity index is 1.83. The van der Waals surface area contributed by atoms with E-state index in [-0.39, 0.29) is 0 Å². The van der Waals surface area contributed by atoms with Crippen LogP contribution in [0.3, 0.4) is 0 Å². The Bertz CT molecular complexity index is 1050. The fourth-order valence-corrected chi connectivity index (χ4v) is 3.15. The molecule has 0 radical (unpaired) electrons. The second-order valence-corrected chi connectivity index (χ2v) is 6.24. The van der Waals surface area contributed by atoms with Crippen molar-refractivity contribution < 1.29 is 14.4 Å². The van der Waals surface area contributed by atoms with E-state index in [4.69, 9.17) is 4.52 Å². The van der Waals surface area contributed by atoms with Crippen LogP contribution in [0.1, 0.15) is 22.6 Å². The van der Waals surface area contributed by atoms with E-state index in [0.717, 1.165) is 22.4 Å². The smallest absolute Gasteiger partial charge is 0.274 e. The second-order valence-electron chi connectivity index (χ2n) is 6.24. The Morgan fingerprint density at radius 3 is 2.62 bits per heavy atom. The second kappa shape index (κ2) is 5.87. The molecule has 1 atom stereocenters. The quantitative estimate of drug-likeness (QED) is 0.665. The van der Waals surface area contributed by atoms with Crippen molar-refractivity contribution in [3.05, 3.63) is 71.1 Å². The number of carbonyl (C=O) groups is 1. The van der Waals surface area contributed by atoms with Crippen molar-refractivity contribution >= 4 is 11.6 Å². The molecule has 3 aromatic rings. The highest BCUT2D eigenvalue weighted by molar-refractivity contribution is 6.07. The van der Waals surface area contributed by atoms with Gasteiger partial charge in [0.05, 0.1) is 5.69 Å². The largest absolute Gasteiger partial charge is 0.366 e. The van der Waals surface area contributed by atoms with Gasteiger partial charge in [-0.1, -0.05) is 35.3 Å². The number of nitrogens with one attached hydrogen (secondary N) is 1. The molecule has 5 heteroatoms. The number of aryl methyl sites for hydroxylation is 2. The number of amides is 1. The third-order valence-electron chi connectivity index (χ3n) is 4.47. The third-order valence-corrected chi connectivity index (χ3v) is 4.47. The monoisotopic (exact) mass is 344 g/mol. The number of fused-ring (bicyclic) bond motifs is 1. The van der Waals surface area contributed by atoms with Gasteiger partial charge in [0, 0.05) is 22.4 Å². The van der Waals surface area contributed by atoms with Gasteiger partial charge in [-0.05, 0) is 49.6 Å². The van der Waals surface area contributed by atoms with E-state index in [1.54, 1.807) is 12.1 Å². The number of rotatable bonds is 1. The van der Waals surface area contributed by atoms with Gasteiger partial charge < -0.3 is 14.9 Å². The Hall–Kier alpha value is -3.36. The van der Waals surface area contributed by atoms with Crippen LogP contribution in [0.2, 0.25) is 0 Å². The van der Waals surface area contributed by atoms with Crippen molar-refractivity contribution in [1.82, 2.24) is 5.16 Å². The molecule has 2 heterocycles. The number of hydrogen-bond donors (Lipinski definition) is 2. The summed E-state index contributed by atoms with van der Waals surface area (Å²) in [7, 11) is 0. The van der Waals surface area contributed by atoms with E-state index in [9.17, 15) is 9.90 Å². The number of aromatic nitrogens is 1. The SMILES string of the molecule is Cc1noc(C)c1-c1ccc2c(c1)C(O)(C#Cc1ccccc1)C(=O)N2. The lowest BCUT2D eigenvalue weighted by atomic mass is 9.92. The molecule has 2 N–H and O–H groups in total. The van der Waals surface area contributed by atoms with Gasteiger partial charge in [0.15, 0.2) is 0 Å². The molecule has 1 unspecified atom stereocenters. The average molecular weight is 344 g/mol. The van der Waals surface area contributed by atoms with Gasteiger partial charge in [-0.3, -0.25) is 4.79 Å². The molecular formula is C21H16N2O3. The lowest BCUT2D eigenvalue weighted by Crippen LogP contribution is -2.32. The topological polar surface area (TPSA) is 75.4 Å². The van der Waals surface area contributed by atoms with Crippen LogP contribution in [0.25, 0.3) is 11.1 Å². The molecule has 0 saturated carbocycles. The summed E-state index contributed by atoms with van der Waals surface area (Å²) in [5.74, 6) is 5.75. The first-order valence-corrected chi connectivity index (χ1v) is 8.19. The summed E-state index contributed by atoms with van der Waals surface area (Å²) < 4.78 is 5.22. The number of carbonyl (C=O) groups excluding carboxylic acids is 1. The summed E-state index contributed by atoms with van der Waals surface area (Å²) in [5, 5.41) is 17.7. The third kappa shape index (κ3) is 2.48. The molecule has 1 aliphatic rings. The highest BCUT2D eigenvalue weighted by Gasteiger charge is 2.44. The zero-order valence-electron chi connectivity index (χ0n) is 14.3. The standard InChI is InChI=1S/C21H16N2O3/c1-13-19(14(2)26-23-13)16-8-9-18-17(12-16)21(25,20(24)22-18)11-10-15-6-4-3-5-7-15/h3-9,12,25H,1-2H3,(H,22,24). The van der Waals surface area contributed by atoms with Gasteiger partial charge in [-0.2, -0.15) is 0 Å².